The average Bonchev–Trinajstić information content (AvgIpc) is 3.10. The number of carboxylic acids is 1. The van der Waals surface area contributed by atoms with Crippen LogP contribution in [-0.2, 0) is 16.0 Å². The average molecular weight is 406 g/mol. The van der Waals surface area contributed by atoms with Gasteiger partial charge in [0.15, 0.2) is 0 Å². The highest BCUT2D eigenvalue weighted by molar-refractivity contribution is 6.18. The standard InChI is InChI=1S/C21H22N6O3/c1-12-9-13(2)25-21(24-12)27-18(28)10-17(19(29)30)26-20(27)22-8-7-14-11-23-16-6-4-3-5-15(14)16/h3-6,9,11,17,23H,7-8,10H2,1-2H3,(H,22,26)(H,29,30)/t17-/m0/s1. The van der Waals surface area contributed by atoms with Crippen molar-refractivity contribution < 1.29 is 14.7 Å². The Bertz CT molecular complexity index is 1130. The number of aromatic amines is 1. The summed E-state index contributed by atoms with van der Waals surface area (Å²) in [5.41, 5.74) is 3.57. The Labute approximate surface area is 172 Å². The topological polar surface area (TPSA) is 124 Å². The molecular weight excluding hydrogens is 384 g/mol. The van der Waals surface area contributed by atoms with Gasteiger partial charge in [-0.3, -0.25) is 9.79 Å². The third-order valence-electron chi connectivity index (χ3n) is 4.93. The number of rotatable bonds is 5. The summed E-state index contributed by atoms with van der Waals surface area (Å²) >= 11 is 0. The molecule has 1 aromatic carbocycles. The van der Waals surface area contributed by atoms with Crippen LogP contribution < -0.4 is 10.2 Å². The monoisotopic (exact) mass is 406 g/mol. The first-order valence-electron chi connectivity index (χ1n) is 9.66. The summed E-state index contributed by atoms with van der Waals surface area (Å²) in [6, 6.07) is 8.75. The number of hydrogen-bond donors (Lipinski definition) is 3. The Morgan fingerprint density at radius 1 is 1.27 bits per heavy atom. The summed E-state index contributed by atoms with van der Waals surface area (Å²) in [5, 5.41) is 13.4. The van der Waals surface area contributed by atoms with Crippen molar-refractivity contribution in [3.63, 3.8) is 0 Å². The SMILES string of the molecule is Cc1cc(C)nc(N2C(=O)C[C@@H](C(=O)O)NC2=NCCc2c[nH]c3ccccc23)n1. The van der Waals surface area contributed by atoms with Crippen molar-refractivity contribution in [1.29, 1.82) is 0 Å². The van der Waals surface area contributed by atoms with Crippen LogP contribution in [0.5, 0.6) is 0 Å². The molecular formula is C21H22N6O3. The summed E-state index contributed by atoms with van der Waals surface area (Å²) in [5.74, 6) is -1.16. The van der Waals surface area contributed by atoms with Gasteiger partial charge in [0.2, 0.25) is 17.8 Å². The van der Waals surface area contributed by atoms with Crippen LogP contribution in [0, 0.1) is 13.8 Å². The summed E-state index contributed by atoms with van der Waals surface area (Å²) in [6.07, 6.45) is 2.37. The van der Waals surface area contributed by atoms with E-state index in [4.69, 9.17) is 0 Å². The molecule has 3 N–H and O–H groups in total. The number of anilines is 1. The highest BCUT2D eigenvalue weighted by Crippen LogP contribution is 2.19. The zero-order valence-corrected chi connectivity index (χ0v) is 16.7. The van der Waals surface area contributed by atoms with Gasteiger partial charge in [0.1, 0.15) is 6.04 Å². The zero-order valence-electron chi connectivity index (χ0n) is 16.7. The van der Waals surface area contributed by atoms with E-state index < -0.39 is 17.9 Å². The van der Waals surface area contributed by atoms with E-state index in [1.54, 1.807) is 6.07 Å². The number of nitrogens with zero attached hydrogens (tertiary/aromatic N) is 4. The maximum atomic E-state index is 12.8. The van der Waals surface area contributed by atoms with Gasteiger partial charge in [-0.2, -0.15) is 0 Å². The van der Waals surface area contributed by atoms with Gasteiger partial charge in [-0.05, 0) is 38.0 Å². The van der Waals surface area contributed by atoms with Gasteiger partial charge >= 0.3 is 5.97 Å². The Kier molecular flexibility index (Phi) is 5.18. The van der Waals surface area contributed by atoms with E-state index in [1.807, 2.05) is 44.3 Å². The number of carbonyl (C=O) groups is 2. The molecule has 0 saturated carbocycles. The van der Waals surface area contributed by atoms with E-state index in [-0.39, 0.29) is 18.3 Å². The highest BCUT2D eigenvalue weighted by atomic mass is 16.4. The van der Waals surface area contributed by atoms with Crippen LogP contribution >= 0.6 is 0 Å². The number of amides is 1. The maximum Gasteiger partial charge on any atom is 0.326 e. The van der Waals surface area contributed by atoms with Crippen molar-refractivity contribution in [2.45, 2.75) is 32.7 Å². The van der Waals surface area contributed by atoms with Gasteiger partial charge < -0.3 is 15.4 Å². The van der Waals surface area contributed by atoms with Gasteiger partial charge in [0.05, 0.1) is 6.42 Å². The molecule has 0 radical (unpaired) electrons. The first-order chi connectivity index (χ1) is 14.4. The van der Waals surface area contributed by atoms with Crippen molar-refractivity contribution >= 4 is 34.7 Å². The van der Waals surface area contributed by atoms with Crippen LogP contribution in [-0.4, -0.2) is 50.5 Å². The second-order valence-corrected chi connectivity index (χ2v) is 7.23. The number of carboxylic acid groups (broad SMARTS) is 1. The molecule has 1 atom stereocenters. The highest BCUT2D eigenvalue weighted by Gasteiger charge is 2.36. The van der Waals surface area contributed by atoms with Gasteiger partial charge in [-0.1, -0.05) is 18.2 Å². The van der Waals surface area contributed by atoms with E-state index in [0.717, 1.165) is 16.5 Å². The molecule has 1 saturated heterocycles. The second-order valence-electron chi connectivity index (χ2n) is 7.23. The number of aromatic nitrogens is 3. The number of H-pyrrole nitrogens is 1. The summed E-state index contributed by atoms with van der Waals surface area (Å²) < 4.78 is 0. The van der Waals surface area contributed by atoms with Crippen LogP contribution in [0.15, 0.2) is 41.5 Å². The lowest BCUT2D eigenvalue weighted by molar-refractivity contribution is -0.141. The molecule has 0 aliphatic carbocycles. The molecule has 9 heteroatoms. The molecule has 2 aromatic heterocycles. The van der Waals surface area contributed by atoms with Crippen LogP contribution in [0.3, 0.4) is 0 Å². The third-order valence-corrected chi connectivity index (χ3v) is 4.93. The molecule has 1 aliphatic heterocycles. The van der Waals surface area contributed by atoms with Crippen molar-refractivity contribution in [3.8, 4) is 0 Å². The summed E-state index contributed by atoms with van der Waals surface area (Å²) in [6.45, 7) is 3.99. The van der Waals surface area contributed by atoms with Gasteiger partial charge in [0, 0.05) is 35.0 Å². The largest absolute Gasteiger partial charge is 0.480 e. The summed E-state index contributed by atoms with van der Waals surface area (Å²) in [4.78, 5) is 42.0. The van der Waals surface area contributed by atoms with E-state index in [2.05, 4.69) is 25.3 Å². The fourth-order valence-corrected chi connectivity index (χ4v) is 3.56. The molecule has 0 unspecified atom stereocenters. The number of hydrogen-bond acceptors (Lipinski definition) is 5. The molecule has 0 spiro atoms. The Morgan fingerprint density at radius 2 is 2.00 bits per heavy atom. The normalized spacial score (nSPS) is 18.1. The smallest absolute Gasteiger partial charge is 0.326 e. The molecule has 4 rings (SSSR count). The Balaban J connectivity index is 1.63. The molecule has 3 heterocycles. The van der Waals surface area contributed by atoms with E-state index in [1.165, 1.54) is 4.90 Å². The van der Waals surface area contributed by atoms with E-state index in [9.17, 15) is 14.7 Å². The summed E-state index contributed by atoms with van der Waals surface area (Å²) in [7, 11) is 0. The molecule has 3 aromatic rings. The first kappa shape index (κ1) is 19.6. The Hall–Kier alpha value is -3.75. The number of nitrogens with one attached hydrogen (secondary N) is 2. The van der Waals surface area contributed by atoms with Crippen molar-refractivity contribution in [3.05, 3.63) is 53.5 Å². The molecule has 154 valence electrons. The van der Waals surface area contributed by atoms with E-state index in [0.29, 0.717) is 24.4 Å². The molecule has 1 aliphatic rings. The zero-order chi connectivity index (χ0) is 21.3. The predicted molar refractivity (Wildman–Crippen MR) is 112 cm³/mol. The van der Waals surface area contributed by atoms with E-state index >= 15 is 0 Å². The third kappa shape index (κ3) is 3.86. The fourth-order valence-electron chi connectivity index (χ4n) is 3.56. The van der Waals surface area contributed by atoms with Crippen LogP contribution in [0.1, 0.15) is 23.4 Å². The number of benzene rings is 1. The second kappa shape index (κ2) is 7.94. The maximum absolute atomic E-state index is 12.8. The number of aliphatic carboxylic acids is 1. The number of fused-ring (bicyclic) bond motifs is 1. The fraction of sp³-hybridized carbons (Fsp3) is 0.286. The van der Waals surface area contributed by atoms with Gasteiger partial charge in [0.25, 0.3) is 0 Å². The van der Waals surface area contributed by atoms with Crippen molar-refractivity contribution in [1.82, 2.24) is 20.3 Å². The molecule has 9 nitrogen and oxygen atoms in total. The van der Waals surface area contributed by atoms with Crippen molar-refractivity contribution in [2.24, 2.45) is 4.99 Å². The number of para-hydroxylation sites is 1. The lowest BCUT2D eigenvalue weighted by atomic mass is 10.1. The quantitative estimate of drug-likeness (QED) is 0.595. The first-order valence-corrected chi connectivity index (χ1v) is 9.66. The lowest BCUT2D eigenvalue weighted by Crippen LogP contribution is -2.58. The lowest BCUT2D eigenvalue weighted by Gasteiger charge is -2.31. The number of guanidine groups is 1. The predicted octanol–water partition coefficient (Wildman–Crippen LogP) is 1.95. The minimum Gasteiger partial charge on any atom is -0.480 e. The van der Waals surface area contributed by atoms with Gasteiger partial charge in [-0.25, -0.2) is 19.7 Å². The molecule has 30 heavy (non-hydrogen) atoms. The molecule has 0 bridgehead atoms. The number of aliphatic imine (C=N–C) groups is 1. The minimum absolute atomic E-state index is 0.156. The number of aryl methyl sites for hydroxylation is 2. The Morgan fingerprint density at radius 3 is 2.73 bits per heavy atom. The van der Waals surface area contributed by atoms with Gasteiger partial charge in [-0.15, -0.1) is 0 Å². The van der Waals surface area contributed by atoms with Crippen LogP contribution in [0.4, 0.5) is 5.95 Å². The minimum atomic E-state index is -1.10. The molecule has 1 amide bonds. The number of carbonyl (C=O) groups excluding carboxylic acids is 1. The molecule has 1 fully saturated rings. The van der Waals surface area contributed by atoms with Crippen LogP contribution in [0.25, 0.3) is 10.9 Å². The van der Waals surface area contributed by atoms with Crippen molar-refractivity contribution in [2.75, 3.05) is 11.4 Å². The van der Waals surface area contributed by atoms with Crippen LogP contribution in [0.2, 0.25) is 0 Å².